The molecule has 4 aromatic heterocycles. The Bertz CT molecular complexity index is 6190. The van der Waals surface area contributed by atoms with E-state index in [1.807, 2.05) is 122 Å². The zero-order valence-electron chi connectivity index (χ0n) is 83.3. The highest BCUT2D eigenvalue weighted by atomic mass is 32.1. The molecule has 2 amide bonds. The second kappa shape index (κ2) is 52.8. The van der Waals surface area contributed by atoms with Crippen LogP contribution in [0.5, 0.6) is 63.2 Å². The fraction of sp³-hybridized carbons (Fsp3) is 0.366. The van der Waals surface area contributed by atoms with Gasteiger partial charge in [0.15, 0.2) is 51.8 Å². The third-order valence-electron chi connectivity index (χ3n) is 24.3. The minimum absolute atomic E-state index is 0.0560. The number of rotatable bonds is 46. The fourth-order valence-corrected chi connectivity index (χ4v) is 19.4. The normalized spacial score (nSPS) is 12.9. The number of hydrogen-bond acceptors (Lipinski definition) is 28. The van der Waals surface area contributed by atoms with Crippen molar-refractivity contribution in [2.45, 2.75) is 210 Å². The molecule has 4 aliphatic rings. The van der Waals surface area contributed by atoms with E-state index in [1.54, 1.807) is 49.4 Å². The van der Waals surface area contributed by atoms with Crippen LogP contribution >= 0.6 is 45.3 Å². The molecule has 0 radical (unpaired) electrons. The number of hydrogen-bond donors (Lipinski definition) is 3. The predicted octanol–water partition coefficient (Wildman–Crippen LogP) is 23.2. The van der Waals surface area contributed by atoms with Crippen molar-refractivity contribution in [1.82, 2.24) is 55.6 Å². The van der Waals surface area contributed by atoms with Gasteiger partial charge in [0.05, 0.1) is 65.5 Å². The zero-order valence-corrected chi connectivity index (χ0v) is 86.6. The molecule has 8 heterocycles. The Hall–Kier alpha value is -12.8. The van der Waals surface area contributed by atoms with Crippen LogP contribution in [0.1, 0.15) is 220 Å². The van der Waals surface area contributed by atoms with Gasteiger partial charge in [0.2, 0.25) is 27.2 Å². The second-order valence-corrected chi connectivity index (χ2v) is 40.6. The number of fused-ring (bicyclic) bond motifs is 4. The van der Waals surface area contributed by atoms with Gasteiger partial charge in [0.1, 0.15) is 54.4 Å². The molecule has 0 saturated heterocycles. The number of ether oxygens (including phenoxy) is 11. The molecule has 3 N–H and O–H groups in total. The van der Waals surface area contributed by atoms with E-state index in [0.717, 1.165) is 183 Å². The third kappa shape index (κ3) is 32.1. The van der Waals surface area contributed by atoms with Gasteiger partial charge in [0.25, 0.3) is 11.8 Å². The summed E-state index contributed by atoms with van der Waals surface area (Å²) in [6, 6.07) is 68.3. The average molecular weight is 2000 g/mol. The number of unbranched alkanes of at least 4 members (excludes halogenated alkanes) is 4. The van der Waals surface area contributed by atoms with E-state index in [2.05, 4.69) is 209 Å². The first-order chi connectivity index (χ1) is 68.9. The highest BCUT2D eigenvalue weighted by Gasteiger charge is 2.26. The first kappa shape index (κ1) is 105. The number of aromatic nitrogens is 4. The molecule has 142 heavy (non-hydrogen) atoms. The summed E-state index contributed by atoms with van der Waals surface area (Å²) in [4.78, 5) is 70.8. The summed E-state index contributed by atoms with van der Waals surface area (Å²) in [5.74, 6) is 9.02. The van der Waals surface area contributed by atoms with Crippen molar-refractivity contribution in [3.63, 3.8) is 0 Å². The quantitative estimate of drug-likeness (QED) is 0.0182. The van der Waals surface area contributed by atoms with Gasteiger partial charge in [-0.2, -0.15) is 0 Å². The summed E-state index contributed by atoms with van der Waals surface area (Å²) in [6.45, 7) is 33.5. The molecule has 2 unspecified atom stereocenters. The molecule has 0 saturated carbocycles. The molecule has 0 fully saturated rings. The Morgan fingerprint density at radius 2 is 0.725 bits per heavy atom. The van der Waals surface area contributed by atoms with Crippen LogP contribution in [0.3, 0.4) is 0 Å². The topological polar surface area (TPSA) is 263 Å². The largest absolute Gasteiger partial charge is 0.497 e. The van der Waals surface area contributed by atoms with Crippen molar-refractivity contribution < 1.29 is 71.3 Å². The van der Waals surface area contributed by atoms with Crippen molar-refractivity contribution in [2.24, 2.45) is 5.92 Å². The summed E-state index contributed by atoms with van der Waals surface area (Å²) >= 11 is 6.22. The van der Waals surface area contributed by atoms with Crippen LogP contribution in [0.15, 0.2) is 228 Å². The number of aryl methyl sites for hydroxylation is 1. The Balaban J connectivity index is 0.000000151. The smallest absolute Gasteiger partial charge is 0.294 e. The molecule has 4 aliphatic heterocycles. The molecule has 0 aliphatic carbocycles. The fourth-order valence-electron chi connectivity index (χ4n) is 16.1. The summed E-state index contributed by atoms with van der Waals surface area (Å²) in [6.07, 6.45) is 8.08. The highest BCUT2D eigenvalue weighted by molar-refractivity contribution is 7.10. The van der Waals surface area contributed by atoms with Crippen LogP contribution < -0.4 is 68.2 Å². The number of methoxy groups -OCH3 is 3. The van der Waals surface area contributed by atoms with Crippen LogP contribution in [-0.4, -0.2) is 124 Å². The molecule has 0 spiro atoms. The van der Waals surface area contributed by atoms with Crippen LogP contribution in [0.4, 0.5) is 0 Å². The lowest BCUT2D eigenvalue weighted by Crippen LogP contribution is -2.33. The first-order valence-corrected chi connectivity index (χ1v) is 51.9. The zero-order chi connectivity index (χ0) is 99.7. The summed E-state index contributed by atoms with van der Waals surface area (Å²) in [7, 11) is 5.03. The maximum atomic E-state index is 12.9. The number of ketones is 1. The van der Waals surface area contributed by atoms with E-state index >= 15 is 0 Å². The number of benzene rings is 9. The van der Waals surface area contributed by atoms with E-state index in [4.69, 9.17) is 66.9 Å². The van der Waals surface area contributed by atoms with Gasteiger partial charge in [-0.15, -0.1) is 45.3 Å². The lowest BCUT2D eigenvalue weighted by molar-refractivity contribution is 0.0360. The molecular formula is C112H131N11O15S4. The molecular weight excluding hydrogens is 1870 g/mol. The highest BCUT2D eigenvalue weighted by Crippen LogP contribution is 2.39. The average Bonchev–Trinajstić information content (AvgIpc) is 1.75. The minimum Gasteiger partial charge on any atom is -0.497 e. The van der Waals surface area contributed by atoms with E-state index in [9.17, 15) is 14.4 Å². The number of nitrogens with one attached hydrogen (secondary N) is 3. The third-order valence-corrected chi connectivity index (χ3v) is 27.6. The van der Waals surface area contributed by atoms with E-state index < -0.39 is 0 Å². The number of carbonyl (C=O) groups excluding carboxylic acids is 3. The maximum Gasteiger partial charge on any atom is 0.294 e. The lowest BCUT2D eigenvalue weighted by atomic mass is 9.87. The maximum absolute atomic E-state index is 12.9. The van der Waals surface area contributed by atoms with Crippen molar-refractivity contribution in [3.8, 4) is 63.2 Å². The van der Waals surface area contributed by atoms with Crippen LogP contribution in [0, 0.1) is 5.92 Å². The van der Waals surface area contributed by atoms with E-state index in [1.165, 1.54) is 80.9 Å². The molecule has 0 bridgehead atoms. The monoisotopic (exact) mass is 2000 g/mol. The van der Waals surface area contributed by atoms with Crippen LogP contribution in [0.25, 0.3) is 5.70 Å². The minimum atomic E-state index is -0.329. The predicted molar refractivity (Wildman–Crippen MR) is 560 cm³/mol. The van der Waals surface area contributed by atoms with Gasteiger partial charge in [-0.25, -0.2) is 25.4 Å². The first-order valence-electron chi connectivity index (χ1n) is 48.4. The number of thiazole rings is 4. The molecule has 2 atom stereocenters. The van der Waals surface area contributed by atoms with Gasteiger partial charge in [-0.1, -0.05) is 189 Å². The van der Waals surface area contributed by atoms with Crippen LogP contribution in [0.2, 0.25) is 0 Å². The number of amides is 2. The number of nitrogens with zero attached hydrogens (tertiary/aromatic N) is 8. The number of hydroxylamine groups is 1. The number of Topliss-reactive ketones (excluding diaryl/α,β-unsaturated/α-hetero) is 1. The van der Waals surface area contributed by atoms with Gasteiger partial charge in [-0.3, -0.25) is 38.8 Å². The lowest BCUT2D eigenvalue weighted by Gasteiger charge is -2.23. The molecule has 17 rings (SSSR count). The molecule has 9 aromatic carbocycles. The van der Waals surface area contributed by atoms with Gasteiger partial charge < -0.3 is 62.7 Å². The molecule has 13 aromatic rings. The van der Waals surface area contributed by atoms with E-state index in [0.29, 0.717) is 74.8 Å². The Morgan fingerprint density at radius 3 is 1.10 bits per heavy atom. The second-order valence-electron chi connectivity index (χ2n) is 36.8. The van der Waals surface area contributed by atoms with Crippen molar-refractivity contribution >= 4 is 68.6 Å². The van der Waals surface area contributed by atoms with Gasteiger partial charge in [0, 0.05) is 92.4 Å². The summed E-state index contributed by atoms with van der Waals surface area (Å²) in [5.41, 5.74) is 17.7. The van der Waals surface area contributed by atoms with Gasteiger partial charge >= 0.3 is 0 Å². The standard InChI is InChI=1S/C31H33N3O4S.C28H34N2O4S.C27H33N3O3S.C26H31N3O4S/c1-22(8-9-23-6-4-3-5-7-23)32-31(35)27-20-39-30(33-27)19-34(17-24-10-13-26(36-2)14-11-24)18-25-12-15-28-29(16-25)38-21-37-28;1-3-4-5-6-7-8-25(31)24-19-35-28(29-24)18-30(16-21-9-12-23(32-2)13-10-21)17-22-11-14-26-27(15-22)34-20-33-26;1-18(2)19(3)28-20(4)24-16-34-27(29-24)15-30(13-21-6-9-23(31-5)10-7-21)14-22-8-11-25-26(12-22)33-17-32-25;1-5-33-28-25(30)21-16-34-24(27-21)15-29(13-18-6-9-20(10-7-18)26(2,3)4)14-19-8-11-22-23(12-19)32-17-31-22/h3-7,10-16,20,22H,8-9,17-19,21H2,1-2H3,(H,32,35);9-15,19H,3-8,16-18,20H2,1-2H3;6-12,16,18-19,28H,4,13-15,17H2,1-3,5H3;6-12,16H,5,13-15,17H2,1-4H3,(H,28,30). The SMILES string of the molecule is C=C(NC(C)C(C)C)c1csc(CN(Cc2ccc(OC)cc2)Cc2ccc3c(c2)OCO3)n1.CCCCCCCC(=O)c1csc(CN(Cc2ccc(OC)cc2)Cc2ccc3c(c2)OCO3)n1.CCONC(=O)c1csc(CN(Cc2ccc(C(C)(C)C)cc2)Cc2ccc3c(c2)OCO3)n1.COc1ccc(CN(Cc2ccc3c(c2)OCO3)Cc2nc(C(=O)NC(C)CCc3ccccc3)cs2)cc1. The van der Waals surface area contributed by atoms with Crippen molar-refractivity contribution in [3.05, 3.63) is 327 Å². The summed E-state index contributed by atoms with van der Waals surface area (Å²) in [5, 5.41) is 18.0. The Labute approximate surface area is 850 Å². The van der Waals surface area contributed by atoms with E-state index in [-0.39, 0.29) is 56.2 Å². The summed E-state index contributed by atoms with van der Waals surface area (Å²) < 4.78 is 60.0. The molecule has 30 heteroatoms. The number of carbonyl (C=O) groups is 3. The Kier molecular flexibility index (Phi) is 39.1. The molecule has 748 valence electrons. The van der Waals surface area contributed by atoms with Crippen LogP contribution in [-0.2, 0) is 95.2 Å². The molecule has 26 nitrogen and oxygen atoms in total. The van der Waals surface area contributed by atoms with Crippen molar-refractivity contribution in [1.29, 1.82) is 0 Å². The Morgan fingerprint density at radius 1 is 0.387 bits per heavy atom. The van der Waals surface area contributed by atoms with Crippen molar-refractivity contribution in [2.75, 3.05) is 55.1 Å². The van der Waals surface area contributed by atoms with Gasteiger partial charge in [-0.05, 0) is 192 Å².